The molecule has 0 bridgehead atoms. The highest BCUT2D eigenvalue weighted by Gasteiger charge is 2.32. The topological polar surface area (TPSA) is 37.3 Å². The first-order valence-corrected chi connectivity index (χ1v) is 8.46. The Kier molecular flexibility index (Phi) is 5.24. The van der Waals surface area contributed by atoms with E-state index in [-0.39, 0.29) is 5.56 Å². The molecule has 134 valence electrons. The molecule has 0 aliphatic carbocycles. The second kappa shape index (κ2) is 7.43. The first-order valence-electron chi connectivity index (χ1n) is 7.21. The highest BCUT2D eigenvalue weighted by molar-refractivity contribution is 7.14. The average molecular weight is 400 g/mol. The van der Waals surface area contributed by atoms with E-state index in [9.17, 15) is 17.6 Å². The quantitative estimate of drug-likeness (QED) is 0.328. The molecule has 0 fully saturated rings. The third-order valence-corrected chi connectivity index (χ3v) is 4.34. The third-order valence-electron chi connectivity index (χ3n) is 3.32. The summed E-state index contributed by atoms with van der Waals surface area (Å²) in [5.74, 6) is -0.977. The molecule has 0 radical (unpaired) electrons. The highest BCUT2D eigenvalue weighted by Crippen LogP contribution is 2.33. The van der Waals surface area contributed by atoms with E-state index in [0.29, 0.717) is 17.3 Å². The van der Waals surface area contributed by atoms with Crippen LogP contribution in [0.2, 0.25) is 5.02 Å². The van der Waals surface area contributed by atoms with E-state index in [2.05, 4.69) is 15.5 Å². The van der Waals surface area contributed by atoms with Crippen molar-refractivity contribution in [1.29, 1.82) is 0 Å². The van der Waals surface area contributed by atoms with Gasteiger partial charge in [-0.2, -0.15) is 18.3 Å². The summed E-state index contributed by atoms with van der Waals surface area (Å²) < 4.78 is 52.2. The van der Waals surface area contributed by atoms with Gasteiger partial charge in [-0.1, -0.05) is 41.9 Å². The van der Waals surface area contributed by atoms with E-state index in [0.717, 1.165) is 17.5 Å². The molecule has 1 aromatic heterocycles. The number of anilines is 1. The third kappa shape index (κ3) is 4.20. The zero-order valence-electron chi connectivity index (χ0n) is 12.9. The number of nitrogens with one attached hydrogen (secondary N) is 1. The molecule has 1 heterocycles. The van der Waals surface area contributed by atoms with Crippen molar-refractivity contribution in [1.82, 2.24) is 4.98 Å². The van der Waals surface area contributed by atoms with Gasteiger partial charge in [0.2, 0.25) is 5.13 Å². The van der Waals surface area contributed by atoms with Crippen molar-refractivity contribution in [3.63, 3.8) is 0 Å². The number of benzene rings is 2. The van der Waals surface area contributed by atoms with E-state index >= 15 is 0 Å². The van der Waals surface area contributed by atoms with Crippen LogP contribution in [-0.4, -0.2) is 11.2 Å². The highest BCUT2D eigenvalue weighted by atomic mass is 35.5. The molecule has 1 N–H and O–H groups in total. The van der Waals surface area contributed by atoms with Crippen LogP contribution in [0, 0.1) is 5.82 Å². The minimum absolute atomic E-state index is 0.378. The average Bonchev–Trinajstić information content (AvgIpc) is 3.07. The second-order valence-electron chi connectivity index (χ2n) is 5.13. The first-order chi connectivity index (χ1) is 12.3. The molecule has 0 atom stereocenters. The van der Waals surface area contributed by atoms with E-state index < -0.39 is 22.6 Å². The van der Waals surface area contributed by atoms with Crippen LogP contribution < -0.4 is 5.43 Å². The maximum atomic E-state index is 13.9. The van der Waals surface area contributed by atoms with Gasteiger partial charge in [0.25, 0.3) is 0 Å². The summed E-state index contributed by atoms with van der Waals surface area (Å²) >= 11 is 6.78. The maximum absolute atomic E-state index is 13.9. The molecule has 0 saturated carbocycles. The fourth-order valence-corrected chi connectivity index (χ4v) is 2.99. The van der Waals surface area contributed by atoms with Crippen molar-refractivity contribution >= 4 is 34.3 Å². The summed E-state index contributed by atoms with van der Waals surface area (Å²) in [7, 11) is 0. The molecule has 3 nitrogen and oxygen atoms in total. The lowest BCUT2D eigenvalue weighted by Gasteiger charge is -2.09. The van der Waals surface area contributed by atoms with Crippen LogP contribution >= 0.6 is 22.9 Å². The minimum atomic E-state index is -4.63. The molecule has 0 unspecified atom stereocenters. The Morgan fingerprint density at radius 3 is 2.58 bits per heavy atom. The second-order valence-corrected chi connectivity index (χ2v) is 6.40. The van der Waals surface area contributed by atoms with E-state index in [1.54, 1.807) is 5.38 Å². The molecule has 0 amide bonds. The molecule has 0 aliphatic rings. The molecular formula is C17H10ClF4N3S. The van der Waals surface area contributed by atoms with E-state index in [4.69, 9.17) is 11.6 Å². The van der Waals surface area contributed by atoms with Crippen LogP contribution in [0.25, 0.3) is 11.3 Å². The standard InChI is InChI=1S/C17H10ClF4N3S/c18-13-7-12(17(20,21)22)6-11(15(13)19)8-23-25-16-24-14(9-26-16)10-4-2-1-3-5-10/h1-9H,(H,24,25). The Balaban J connectivity index is 1.77. The van der Waals surface area contributed by atoms with Gasteiger partial charge in [-0.05, 0) is 12.1 Å². The lowest BCUT2D eigenvalue weighted by Crippen LogP contribution is -2.07. The van der Waals surface area contributed by atoms with Gasteiger partial charge >= 0.3 is 6.18 Å². The SMILES string of the molecule is Fc1c(Cl)cc(C(F)(F)F)cc1C=NNc1nc(-c2ccccc2)cs1. The van der Waals surface area contributed by atoms with Gasteiger partial charge in [0.1, 0.15) is 0 Å². The van der Waals surface area contributed by atoms with Crippen LogP contribution in [0.4, 0.5) is 22.7 Å². The molecular weight excluding hydrogens is 390 g/mol. The van der Waals surface area contributed by atoms with Gasteiger partial charge in [0, 0.05) is 16.5 Å². The van der Waals surface area contributed by atoms with E-state index in [1.165, 1.54) is 11.3 Å². The Bertz CT molecular complexity index is 939. The van der Waals surface area contributed by atoms with Crippen molar-refractivity contribution in [2.75, 3.05) is 5.43 Å². The molecule has 2 aromatic carbocycles. The van der Waals surface area contributed by atoms with Crippen LogP contribution in [0.15, 0.2) is 52.9 Å². The van der Waals surface area contributed by atoms with Crippen LogP contribution in [-0.2, 0) is 6.18 Å². The predicted octanol–water partition coefficient (Wildman–Crippen LogP) is 6.07. The zero-order valence-corrected chi connectivity index (χ0v) is 14.5. The number of hydrogen-bond donors (Lipinski definition) is 1. The van der Waals surface area contributed by atoms with E-state index in [1.807, 2.05) is 30.3 Å². The molecule has 26 heavy (non-hydrogen) atoms. The van der Waals surface area contributed by atoms with Crippen molar-refractivity contribution in [3.8, 4) is 11.3 Å². The fourth-order valence-electron chi connectivity index (χ4n) is 2.09. The lowest BCUT2D eigenvalue weighted by molar-refractivity contribution is -0.137. The Morgan fingerprint density at radius 2 is 1.88 bits per heavy atom. The maximum Gasteiger partial charge on any atom is 0.416 e. The molecule has 3 aromatic rings. The van der Waals surface area contributed by atoms with Gasteiger partial charge in [-0.3, -0.25) is 5.43 Å². The van der Waals surface area contributed by atoms with Gasteiger partial charge in [0.05, 0.1) is 22.5 Å². The summed E-state index contributed by atoms with van der Waals surface area (Å²) in [6.45, 7) is 0. The number of aromatic nitrogens is 1. The van der Waals surface area contributed by atoms with Crippen LogP contribution in [0.1, 0.15) is 11.1 Å². The summed E-state index contributed by atoms with van der Waals surface area (Å²) in [6.07, 6.45) is -3.70. The summed E-state index contributed by atoms with van der Waals surface area (Å²) in [5.41, 5.74) is 2.78. The zero-order chi connectivity index (χ0) is 18.7. The van der Waals surface area contributed by atoms with Crippen molar-refractivity contribution in [2.45, 2.75) is 6.18 Å². The first kappa shape index (κ1) is 18.3. The predicted molar refractivity (Wildman–Crippen MR) is 95.2 cm³/mol. The number of hydrogen-bond acceptors (Lipinski definition) is 4. The number of nitrogens with zero attached hydrogens (tertiary/aromatic N) is 2. The summed E-state index contributed by atoms with van der Waals surface area (Å²) in [5, 5.41) is 5.34. The largest absolute Gasteiger partial charge is 0.416 e. The Hall–Kier alpha value is -2.45. The summed E-state index contributed by atoms with van der Waals surface area (Å²) in [6, 6.07) is 10.6. The van der Waals surface area contributed by atoms with Crippen molar-refractivity contribution < 1.29 is 17.6 Å². The number of thiazole rings is 1. The van der Waals surface area contributed by atoms with Gasteiger partial charge < -0.3 is 0 Å². The minimum Gasteiger partial charge on any atom is -0.253 e. The molecule has 0 aliphatic heterocycles. The number of rotatable bonds is 4. The number of hydrazone groups is 1. The number of alkyl halides is 3. The monoisotopic (exact) mass is 399 g/mol. The van der Waals surface area contributed by atoms with Crippen LogP contribution in [0.5, 0.6) is 0 Å². The smallest absolute Gasteiger partial charge is 0.253 e. The summed E-state index contributed by atoms with van der Waals surface area (Å²) in [4.78, 5) is 4.30. The molecule has 3 rings (SSSR count). The number of halogens is 5. The fraction of sp³-hybridized carbons (Fsp3) is 0.0588. The molecule has 0 spiro atoms. The Labute approximate surface area is 155 Å². The van der Waals surface area contributed by atoms with Crippen LogP contribution in [0.3, 0.4) is 0 Å². The molecule has 0 saturated heterocycles. The van der Waals surface area contributed by atoms with Gasteiger partial charge in [0.15, 0.2) is 5.82 Å². The van der Waals surface area contributed by atoms with Gasteiger partial charge in [-0.15, -0.1) is 11.3 Å². The lowest BCUT2D eigenvalue weighted by atomic mass is 10.1. The van der Waals surface area contributed by atoms with Gasteiger partial charge in [-0.25, -0.2) is 9.37 Å². The molecule has 9 heteroatoms. The Morgan fingerprint density at radius 1 is 1.15 bits per heavy atom. The normalized spacial score (nSPS) is 11.9. The van der Waals surface area contributed by atoms with Crippen molar-refractivity contribution in [2.24, 2.45) is 5.10 Å². The van der Waals surface area contributed by atoms with Crippen molar-refractivity contribution in [3.05, 3.63) is 69.8 Å².